The van der Waals surface area contributed by atoms with Crippen molar-refractivity contribution >= 4 is 5.78 Å². The number of allylic oxidation sites excluding steroid dienone is 2. The monoisotopic (exact) mass is 178 g/mol. The van der Waals surface area contributed by atoms with Gasteiger partial charge in [-0.05, 0) is 26.3 Å². The third-order valence-electron chi connectivity index (χ3n) is 1.77. The highest BCUT2D eigenvalue weighted by atomic mass is 16.3. The first kappa shape index (κ1) is 9.78. The van der Waals surface area contributed by atoms with Crippen molar-refractivity contribution in [1.29, 1.82) is 0 Å². The van der Waals surface area contributed by atoms with E-state index in [4.69, 9.17) is 4.42 Å². The Morgan fingerprint density at radius 1 is 1.54 bits per heavy atom. The highest BCUT2D eigenvalue weighted by molar-refractivity contribution is 5.95. The molecule has 0 saturated carbocycles. The summed E-state index contributed by atoms with van der Waals surface area (Å²) in [7, 11) is 0. The molecule has 0 aliphatic heterocycles. The lowest BCUT2D eigenvalue weighted by atomic mass is 10.1. The third-order valence-corrected chi connectivity index (χ3v) is 1.77. The maximum Gasteiger partial charge on any atom is 0.166 e. The molecule has 70 valence electrons. The Labute approximate surface area is 78.3 Å². The zero-order valence-corrected chi connectivity index (χ0v) is 8.04. The van der Waals surface area contributed by atoms with Gasteiger partial charge in [-0.3, -0.25) is 4.79 Å². The van der Waals surface area contributed by atoms with Crippen LogP contribution in [0.3, 0.4) is 0 Å². The summed E-state index contributed by atoms with van der Waals surface area (Å²) in [4.78, 5) is 11.4. The fraction of sp³-hybridized carbons (Fsp3) is 0.364. The second-order valence-corrected chi connectivity index (χ2v) is 3.26. The van der Waals surface area contributed by atoms with E-state index in [0.29, 0.717) is 12.0 Å². The van der Waals surface area contributed by atoms with Gasteiger partial charge in [-0.2, -0.15) is 0 Å². The summed E-state index contributed by atoms with van der Waals surface area (Å²) in [5, 5.41) is 0. The highest BCUT2D eigenvalue weighted by Crippen LogP contribution is 2.07. The smallest absolute Gasteiger partial charge is 0.166 e. The average molecular weight is 178 g/mol. The maximum absolute atomic E-state index is 11.4. The molecular formula is C11H14O2. The number of ketones is 1. The van der Waals surface area contributed by atoms with Crippen molar-refractivity contribution in [3.8, 4) is 0 Å². The van der Waals surface area contributed by atoms with Crippen molar-refractivity contribution in [2.45, 2.75) is 26.7 Å². The van der Waals surface area contributed by atoms with Crippen LogP contribution < -0.4 is 0 Å². The van der Waals surface area contributed by atoms with Gasteiger partial charge in [-0.15, -0.1) is 0 Å². The first-order valence-electron chi connectivity index (χ1n) is 4.39. The van der Waals surface area contributed by atoms with Crippen molar-refractivity contribution in [2.75, 3.05) is 0 Å². The molecule has 0 spiro atoms. The molecule has 0 radical (unpaired) electrons. The topological polar surface area (TPSA) is 30.2 Å². The Balaban J connectivity index is 2.39. The number of hydrogen-bond donors (Lipinski definition) is 0. The SMILES string of the molecule is CC(C)=CCCC(=O)c1ccoc1. The van der Waals surface area contributed by atoms with E-state index in [0.717, 1.165) is 6.42 Å². The minimum absolute atomic E-state index is 0.145. The Hall–Kier alpha value is -1.31. The summed E-state index contributed by atoms with van der Waals surface area (Å²) < 4.78 is 4.83. The van der Waals surface area contributed by atoms with E-state index in [-0.39, 0.29) is 5.78 Å². The van der Waals surface area contributed by atoms with E-state index < -0.39 is 0 Å². The average Bonchev–Trinajstić information content (AvgIpc) is 2.55. The molecule has 0 aliphatic rings. The summed E-state index contributed by atoms with van der Waals surface area (Å²) >= 11 is 0. The molecule has 0 saturated heterocycles. The van der Waals surface area contributed by atoms with Gasteiger partial charge in [-0.25, -0.2) is 0 Å². The van der Waals surface area contributed by atoms with Gasteiger partial charge in [0.15, 0.2) is 5.78 Å². The molecule has 1 aromatic rings. The fourth-order valence-electron chi connectivity index (χ4n) is 1.06. The number of rotatable bonds is 4. The van der Waals surface area contributed by atoms with E-state index in [9.17, 15) is 4.79 Å². The standard InChI is InChI=1S/C11H14O2/c1-9(2)4-3-5-11(12)10-6-7-13-8-10/h4,6-8H,3,5H2,1-2H3. The summed E-state index contributed by atoms with van der Waals surface area (Å²) in [6.07, 6.45) is 6.45. The molecule has 0 fully saturated rings. The van der Waals surface area contributed by atoms with Crippen LogP contribution in [0.1, 0.15) is 37.0 Å². The fourth-order valence-corrected chi connectivity index (χ4v) is 1.06. The molecule has 0 atom stereocenters. The van der Waals surface area contributed by atoms with E-state index in [1.807, 2.05) is 13.8 Å². The number of hydrogen-bond acceptors (Lipinski definition) is 2. The summed E-state index contributed by atoms with van der Waals surface area (Å²) in [6.45, 7) is 4.06. The third kappa shape index (κ3) is 3.28. The molecule has 0 amide bonds. The molecule has 0 bridgehead atoms. The highest BCUT2D eigenvalue weighted by Gasteiger charge is 2.04. The van der Waals surface area contributed by atoms with Crippen LogP contribution in [0.2, 0.25) is 0 Å². The first-order chi connectivity index (χ1) is 6.20. The second kappa shape index (κ2) is 4.65. The Bertz CT molecular complexity index is 290. The molecular weight excluding hydrogens is 164 g/mol. The predicted molar refractivity (Wildman–Crippen MR) is 51.7 cm³/mol. The van der Waals surface area contributed by atoms with Crippen LogP contribution in [0.25, 0.3) is 0 Å². The lowest BCUT2D eigenvalue weighted by Gasteiger charge is -1.93. The Morgan fingerprint density at radius 3 is 2.85 bits per heavy atom. The quantitative estimate of drug-likeness (QED) is 0.523. The predicted octanol–water partition coefficient (Wildman–Crippen LogP) is 3.21. The number of Topliss-reactive ketones (excluding diaryl/α,β-unsaturated/α-hetero) is 1. The number of carbonyl (C=O) groups is 1. The van der Waals surface area contributed by atoms with Gasteiger partial charge in [0.25, 0.3) is 0 Å². The normalized spacial score (nSPS) is 9.69. The zero-order valence-electron chi connectivity index (χ0n) is 8.04. The molecule has 2 nitrogen and oxygen atoms in total. The van der Waals surface area contributed by atoms with Crippen LogP contribution in [-0.4, -0.2) is 5.78 Å². The minimum atomic E-state index is 0.145. The van der Waals surface area contributed by atoms with Gasteiger partial charge in [0.2, 0.25) is 0 Å². The van der Waals surface area contributed by atoms with E-state index >= 15 is 0 Å². The molecule has 13 heavy (non-hydrogen) atoms. The largest absolute Gasteiger partial charge is 0.472 e. The molecule has 1 aromatic heterocycles. The van der Waals surface area contributed by atoms with Crippen molar-refractivity contribution in [1.82, 2.24) is 0 Å². The van der Waals surface area contributed by atoms with E-state index in [2.05, 4.69) is 6.08 Å². The molecule has 0 aliphatic carbocycles. The van der Waals surface area contributed by atoms with Crippen LogP contribution in [0.4, 0.5) is 0 Å². The van der Waals surface area contributed by atoms with Crippen LogP contribution in [0.15, 0.2) is 34.7 Å². The van der Waals surface area contributed by atoms with Crippen molar-refractivity contribution in [3.63, 3.8) is 0 Å². The van der Waals surface area contributed by atoms with Gasteiger partial charge in [0.05, 0.1) is 11.8 Å². The van der Waals surface area contributed by atoms with E-state index in [1.165, 1.54) is 18.1 Å². The molecule has 0 aromatic carbocycles. The van der Waals surface area contributed by atoms with Crippen LogP contribution in [0.5, 0.6) is 0 Å². The Kier molecular flexibility index (Phi) is 3.50. The van der Waals surface area contributed by atoms with Crippen LogP contribution in [-0.2, 0) is 0 Å². The van der Waals surface area contributed by atoms with Crippen molar-refractivity contribution < 1.29 is 9.21 Å². The van der Waals surface area contributed by atoms with Gasteiger partial charge in [0, 0.05) is 6.42 Å². The lowest BCUT2D eigenvalue weighted by molar-refractivity contribution is 0.0983. The maximum atomic E-state index is 11.4. The van der Waals surface area contributed by atoms with Crippen molar-refractivity contribution in [2.24, 2.45) is 0 Å². The molecule has 0 unspecified atom stereocenters. The molecule has 0 N–H and O–H groups in total. The summed E-state index contributed by atoms with van der Waals surface area (Å²) in [5.41, 5.74) is 1.92. The van der Waals surface area contributed by atoms with Gasteiger partial charge >= 0.3 is 0 Å². The summed E-state index contributed by atoms with van der Waals surface area (Å²) in [5.74, 6) is 0.145. The van der Waals surface area contributed by atoms with E-state index in [1.54, 1.807) is 6.07 Å². The minimum Gasteiger partial charge on any atom is -0.472 e. The summed E-state index contributed by atoms with van der Waals surface area (Å²) in [6, 6.07) is 1.70. The Morgan fingerprint density at radius 2 is 2.31 bits per heavy atom. The molecule has 2 heteroatoms. The van der Waals surface area contributed by atoms with Gasteiger partial charge < -0.3 is 4.42 Å². The molecule has 1 rings (SSSR count). The number of carbonyl (C=O) groups excluding carboxylic acids is 1. The first-order valence-corrected chi connectivity index (χ1v) is 4.39. The molecule has 1 heterocycles. The lowest BCUT2D eigenvalue weighted by Crippen LogP contribution is -1.95. The van der Waals surface area contributed by atoms with Crippen LogP contribution >= 0.6 is 0 Å². The van der Waals surface area contributed by atoms with Crippen molar-refractivity contribution in [3.05, 3.63) is 35.8 Å². The van der Waals surface area contributed by atoms with Crippen LogP contribution in [0, 0.1) is 0 Å². The van der Waals surface area contributed by atoms with Gasteiger partial charge in [-0.1, -0.05) is 11.6 Å². The zero-order chi connectivity index (χ0) is 9.68. The second-order valence-electron chi connectivity index (χ2n) is 3.26. The van der Waals surface area contributed by atoms with Gasteiger partial charge in [0.1, 0.15) is 6.26 Å². The number of furan rings is 1.